The monoisotopic (exact) mass is 553 g/mol. The number of unbranched alkanes of at least 4 members (excludes halogenated alkanes) is 2. The maximum atomic E-state index is 6.60. The highest BCUT2D eigenvalue weighted by atomic mass is 35.5. The number of hydrogen-bond donors (Lipinski definition) is 0. The molecule has 0 fully saturated rings. The molecule has 0 N–H and O–H groups in total. The van der Waals surface area contributed by atoms with Crippen LogP contribution >= 0.6 is 34.8 Å². The van der Waals surface area contributed by atoms with Crippen LogP contribution in [0.3, 0.4) is 0 Å². The van der Waals surface area contributed by atoms with E-state index in [1.807, 2.05) is 36.4 Å². The molecule has 194 valence electrons. The first kappa shape index (κ1) is 27.7. The van der Waals surface area contributed by atoms with Gasteiger partial charge < -0.3 is 4.57 Å². The minimum Gasteiger partial charge on any atom is -0.326 e. The van der Waals surface area contributed by atoms with Crippen LogP contribution in [0.2, 0.25) is 15.1 Å². The van der Waals surface area contributed by atoms with Gasteiger partial charge in [0.1, 0.15) is 5.82 Å². The predicted octanol–water partition coefficient (Wildman–Crippen LogP) is 9.78. The topological polar surface area (TPSA) is 21.1 Å². The molecule has 4 aromatic rings. The quantitative estimate of drug-likeness (QED) is 0.174. The third-order valence-corrected chi connectivity index (χ3v) is 7.41. The second kappa shape index (κ2) is 13.5. The Morgan fingerprint density at radius 1 is 0.757 bits per heavy atom. The van der Waals surface area contributed by atoms with Gasteiger partial charge in [0, 0.05) is 45.8 Å². The lowest BCUT2D eigenvalue weighted by Gasteiger charge is -2.25. The van der Waals surface area contributed by atoms with Crippen LogP contribution in [0.1, 0.15) is 50.8 Å². The molecular weight excluding hydrogens is 521 g/mol. The summed E-state index contributed by atoms with van der Waals surface area (Å²) >= 11 is 19.0. The van der Waals surface area contributed by atoms with E-state index < -0.39 is 0 Å². The average molecular weight is 555 g/mol. The summed E-state index contributed by atoms with van der Waals surface area (Å²) in [5, 5.41) is 2.08. The fourth-order valence-corrected chi connectivity index (χ4v) is 5.14. The molecule has 4 rings (SSSR count). The lowest BCUT2D eigenvalue weighted by atomic mass is 10.1. The second-order valence-electron chi connectivity index (χ2n) is 9.41. The Hall–Kier alpha value is -2.30. The van der Waals surface area contributed by atoms with E-state index in [2.05, 4.69) is 59.7 Å². The second-order valence-corrected chi connectivity index (χ2v) is 10.7. The van der Waals surface area contributed by atoms with Crippen molar-refractivity contribution >= 4 is 34.8 Å². The van der Waals surface area contributed by atoms with Crippen LogP contribution in [0.25, 0.3) is 22.6 Å². The van der Waals surface area contributed by atoms with E-state index in [1.54, 1.807) is 0 Å². The van der Waals surface area contributed by atoms with Gasteiger partial charge in [-0.15, -0.1) is 0 Å². The third kappa shape index (κ3) is 7.18. The maximum Gasteiger partial charge on any atom is 0.140 e. The van der Waals surface area contributed by atoms with Gasteiger partial charge in [-0.25, -0.2) is 4.98 Å². The van der Waals surface area contributed by atoms with Gasteiger partial charge in [0.25, 0.3) is 0 Å². The van der Waals surface area contributed by atoms with Crippen molar-refractivity contribution in [1.29, 1.82) is 0 Å². The van der Waals surface area contributed by atoms with Crippen LogP contribution in [0.4, 0.5) is 0 Å². The molecule has 37 heavy (non-hydrogen) atoms. The van der Waals surface area contributed by atoms with Gasteiger partial charge in [-0.1, -0.05) is 110 Å². The first-order chi connectivity index (χ1) is 18.0. The fraction of sp³-hybridized carbons (Fsp3) is 0.323. The van der Waals surface area contributed by atoms with E-state index in [1.165, 1.54) is 5.69 Å². The first-order valence-electron chi connectivity index (χ1n) is 13.1. The van der Waals surface area contributed by atoms with Gasteiger partial charge in [0.2, 0.25) is 0 Å². The van der Waals surface area contributed by atoms with E-state index in [0.29, 0.717) is 10.0 Å². The average Bonchev–Trinajstić information content (AvgIpc) is 3.26. The molecule has 0 atom stereocenters. The van der Waals surface area contributed by atoms with Crippen molar-refractivity contribution in [1.82, 2.24) is 14.5 Å². The lowest BCUT2D eigenvalue weighted by molar-refractivity contribution is 0.246. The summed E-state index contributed by atoms with van der Waals surface area (Å²) in [5.41, 5.74) is 5.51. The lowest BCUT2D eigenvalue weighted by Crippen LogP contribution is -2.26. The summed E-state index contributed by atoms with van der Waals surface area (Å²) in [6.07, 6.45) is 4.43. The molecule has 3 aromatic carbocycles. The molecule has 1 heterocycles. The van der Waals surface area contributed by atoms with Gasteiger partial charge in [0.15, 0.2) is 0 Å². The molecule has 0 saturated heterocycles. The smallest absolute Gasteiger partial charge is 0.140 e. The SMILES string of the molecule is CCCCN(Cc1ccc(Cl)cc1Cl)Cc1c(-c2ccc(Cl)cc2)nc(-c2ccccc2)n1CCCC. The molecule has 0 radical (unpaired) electrons. The van der Waals surface area contributed by atoms with E-state index in [-0.39, 0.29) is 0 Å². The summed E-state index contributed by atoms with van der Waals surface area (Å²) in [5.74, 6) is 1.01. The molecule has 6 heteroatoms. The molecule has 0 bridgehead atoms. The number of rotatable bonds is 12. The Kier molecular flexibility index (Phi) is 10.1. The fourth-order valence-electron chi connectivity index (χ4n) is 4.55. The standard InChI is InChI=1S/C31H34Cl3N3/c1-3-5-18-36(21-25-14-17-27(33)20-28(25)34)22-29-30(23-12-15-26(32)16-13-23)35-31(37(29)19-6-4-2)24-10-8-7-9-11-24/h7-17,20H,3-6,18-19,21-22H2,1-2H3. The number of halogens is 3. The van der Waals surface area contributed by atoms with E-state index in [9.17, 15) is 0 Å². The summed E-state index contributed by atoms with van der Waals surface area (Å²) in [6, 6.07) is 24.3. The van der Waals surface area contributed by atoms with E-state index >= 15 is 0 Å². The van der Waals surface area contributed by atoms with Gasteiger partial charge in [-0.2, -0.15) is 0 Å². The van der Waals surface area contributed by atoms with Crippen molar-refractivity contribution in [3.05, 3.63) is 99.1 Å². The zero-order chi connectivity index (χ0) is 26.2. The van der Waals surface area contributed by atoms with Crippen molar-refractivity contribution in [3.63, 3.8) is 0 Å². The zero-order valence-corrected chi connectivity index (χ0v) is 23.8. The number of nitrogens with zero attached hydrogens (tertiary/aromatic N) is 3. The molecule has 0 aliphatic rings. The Morgan fingerprint density at radius 3 is 2.14 bits per heavy atom. The van der Waals surface area contributed by atoms with Crippen LogP contribution in [0, 0.1) is 0 Å². The van der Waals surface area contributed by atoms with Crippen molar-refractivity contribution < 1.29 is 0 Å². The number of imidazole rings is 1. The molecule has 0 saturated carbocycles. The highest BCUT2D eigenvalue weighted by molar-refractivity contribution is 6.35. The third-order valence-electron chi connectivity index (χ3n) is 6.57. The van der Waals surface area contributed by atoms with Gasteiger partial charge in [-0.05, 0) is 49.2 Å². The summed E-state index contributed by atoms with van der Waals surface area (Å²) in [6.45, 7) is 7.85. The molecule has 0 amide bonds. The Balaban J connectivity index is 1.81. The van der Waals surface area contributed by atoms with Crippen LogP contribution in [0.15, 0.2) is 72.8 Å². The molecule has 3 nitrogen and oxygen atoms in total. The minimum absolute atomic E-state index is 0.657. The molecule has 0 unspecified atom stereocenters. The summed E-state index contributed by atoms with van der Waals surface area (Å²) in [7, 11) is 0. The largest absolute Gasteiger partial charge is 0.326 e. The maximum absolute atomic E-state index is 6.60. The number of benzene rings is 3. The minimum atomic E-state index is 0.657. The number of hydrogen-bond acceptors (Lipinski definition) is 2. The van der Waals surface area contributed by atoms with Crippen molar-refractivity contribution in [2.24, 2.45) is 0 Å². The molecule has 0 aliphatic carbocycles. The van der Waals surface area contributed by atoms with Gasteiger partial charge in [0.05, 0.1) is 11.4 Å². The first-order valence-corrected chi connectivity index (χ1v) is 14.2. The van der Waals surface area contributed by atoms with Crippen molar-refractivity contribution in [3.8, 4) is 22.6 Å². The Bertz CT molecular complexity index is 1280. The van der Waals surface area contributed by atoms with E-state index in [4.69, 9.17) is 39.8 Å². The molecular formula is C31H34Cl3N3. The Labute approximate surface area is 236 Å². The molecule has 0 aliphatic heterocycles. The van der Waals surface area contributed by atoms with Crippen LogP contribution in [-0.2, 0) is 19.6 Å². The highest BCUT2D eigenvalue weighted by Crippen LogP contribution is 2.32. The van der Waals surface area contributed by atoms with Crippen molar-refractivity contribution in [2.75, 3.05) is 6.54 Å². The van der Waals surface area contributed by atoms with Crippen LogP contribution in [0.5, 0.6) is 0 Å². The van der Waals surface area contributed by atoms with Crippen LogP contribution in [-0.4, -0.2) is 21.0 Å². The summed E-state index contributed by atoms with van der Waals surface area (Å²) < 4.78 is 2.42. The number of aromatic nitrogens is 2. The Morgan fingerprint density at radius 2 is 1.46 bits per heavy atom. The predicted molar refractivity (Wildman–Crippen MR) is 159 cm³/mol. The zero-order valence-electron chi connectivity index (χ0n) is 21.6. The van der Waals surface area contributed by atoms with Gasteiger partial charge in [-0.3, -0.25) is 4.90 Å². The van der Waals surface area contributed by atoms with E-state index in [0.717, 1.165) is 85.1 Å². The summed E-state index contributed by atoms with van der Waals surface area (Å²) in [4.78, 5) is 7.73. The highest BCUT2D eigenvalue weighted by Gasteiger charge is 2.22. The van der Waals surface area contributed by atoms with Crippen molar-refractivity contribution in [2.45, 2.75) is 59.2 Å². The van der Waals surface area contributed by atoms with Gasteiger partial charge >= 0.3 is 0 Å². The van der Waals surface area contributed by atoms with Crippen LogP contribution < -0.4 is 0 Å². The normalized spacial score (nSPS) is 11.4. The molecule has 1 aromatic heterocycles. The molecule has 0 spiro atoms.